The van der Waals surface area contributed by atoms with E-state index in [4.69, 9.17) is 13.9 Å². The first kappa shape index (κ1) is 20.4. The number of hydrogen-bond donors (Lipinski definition) is 1. The maximum atomic E-state index is 5.94. The molecule has 144 valence electrons. The molecule has 0 bridgehead atoms. The van der Waals surface area contributed by atoms with Crippen LogP contribution < -0.4 is 10.1 Å². The van der Waals surface area contributed by atoms with Crippen molar-refractivity contribution < 1.29 is 13.9 Å². The molecule has 0 aliphatic rings. The van der Waals surface area contributed by atoms with Gasteiger partial charge in [-0.2, -0.15) is 0 Å². The fourth-order valence-corrected chi connectivity index (χ4v) is 2.56. The summed E-state index contributed by atoms with van der Waals surface area (Å²) in [7, 11) is 1.96. The van der Waals surface area contributed by atoms with Crippen LogP contribution in [-0.4, -0.2) is 43.6 Å². The van der Waals surface area contributed by atoms with Crippen LogP contribution in [-0.2, 0) is 4.74 Å². The summed E-state index contributed by atoms with van der Waals surface area (Å²) in [5, 5.41) is 11.1. The molecule has 1 heterocycles. The lowest BCUT2D eigenvalue weighted by molar-refractivity contribution is -0.000577. The summed E-state index contributed by atoms with van der Waals surface area (Å²) in [4.78, 5) is 0. The molecule has 0 fully saturated rings. The molecule has 0 amide bonds. The molecule has 26 heavy (non-hydrogen) atoms. The van der Waals surface area contributed by atoms with Gasteiger partial charge in [0.2, 0.25) is 11.8 Å². The zero-order valence-corrected chi connectivity index (χ0v) is 16.8. The van der Waals surface area contributed by atoms with Crippen molar-refractivity contribution in [2.45, 2.75) is 34.6 Å². The molecule has 0 saturated heterocycles. The summed E-state index contributed by atoms with van der Waals surface area (Å²) in [6.07, 6.45) is 0. The molecule has 0 spiro atoms. The SMILES string of the molecule is CNCC(C)(C)COCC(C)(C)COc1ccc(-c2nnc(C)o2)cc1. The summed E-state index contributed by atoms with van der Waals surface area (Å²) >= 11 is 0. The normalized spacial score (nSPS) is 12.4. The number of ether oxygens (including phenoxy) is 2. The van der Waals surface area contributed by atoms with Crippen molar-refractivity contribution in [2.75, 3.05) is 33.4 Å². The Morgan fingerprint density at radius 3 is 2.19 bits per heavy atom. The minimum absolute atomic E-state index is 0.0714. The summed E-state index contributed by atoms with van der Waals surface area (Å²) in [5.74, 6) is 1.89. The summed E-state index contributed by atoms with van der Waals surface area (Å²) < 4.78 is 17.3. The van der Waals surface area contributed by atoms with Crippen LogP contribution >= 0.6 is 0 Å². The molecule has 0 radical (unpaired) electrons. The topological polar surface area (TPSA) is 69.4 Å². The molecule has 1 aromatic heterocycles. The first-order valence-corrected chi connectivity index (χ1v) is 8.96. The van der Waals surface area contributed by atoms with Gasteiger partial charge in [-0.25, -0.2) is 0 Å². The van der Waals surface area contributed by atoms with Crippen LogP contribution in [0.1, 0.15) is 33.6 Å². The second-order valence-electron chi connectivity index (χ2n) is 8.29. The van der Waals surface area contributed by atoms with E-state index in [0.29, 0.717) is 25.0 Å². The van der Waals surface area contributed by atoms with Crippen LogP contribution in [0.4, 0.5) is 0 Å². The summed E-state index contributed by atoms with van der Waals surface area (Å²) in [6.45, 7) is 13.3. The number of nitrogens with zero attached hydrogens (tertiary/aromatic N) is 2. The Labute approximate surface area is 156 Å². The molecule has 2 rings (SSSR count). The number of nitrogens with one attached hydrogen (secondary N) is 1. The molecule has 2 aromatic rings. The van der Waals surface area contributed by atoms with Gasteiger partial charge in [-0.3, -0.25) is 0 Å². The monoisotopic (exact) mass is 361 g/mol. The number of aromatic nitrogens is 2. The van der Waals surface area contributed by atoms with Gasteiger partial charge in [0.05, 0.1) is 19.8 Å². The average Bonchev–Trinajstić information content (AvgIpc) is 2.99. The van der Waals surface area contributed by atoms with E-state index in [1.165, 1.54) is 0 Å². The first-order chi connectivity index (χ1) is 12.2. The molecule has 6 heteroatoms. The molecule has 0 unspecified atom stereocenters. The zero-order chi connectivity index (χ0) is 19.2. The van der Waals surface area contributed by atoms with Gasteiger partial charge >= 0.3 is 0 Å². The Morgan fingerprint density at radius 2 is 1.62 bits per heavy atom. The number of aryl methyl sites for hydroxylation is 1. The highest BCUT2D eigenvalue weighted by Crippen LogP contribution is 2.24. The van der Waals surface area contributed by atoms with Gasteiger partial charge < -0.3 is 19.2 Å². The van der Waals surface area contributed by atoms with Gasteiger partial charge in [0.25, 0.3) is 0 Å². The molecule has 1 N–H and O–H groups in total. The molecule has 1 aromatic carbocycles. The predicted molar refractivity (Wildman–Crippen MR) is 102 cm³/mol. The van der Waals surface area contributed by atoms with Gasteiger partial charge in [-0.1, -0.05) is 27.7 Å². The third-order valence-electron chi connectivity index (χ3n) is 3.90. The number of benzene rings is 1. The molecule has 0 aliphatic heterocycles. The van der Waals surface area contributed by atoms with Crippen molar-refractivity contribution in [2.24, 2.45) is 10.8 Å². The first-order valence-electron chi connectivity index (χ1n) is 8.96. The van der Waals surface area contributed by atoms with E-state index in [2.05, 4.69) is 43.2 Å². The number of hydrogen-bond acceptors (Lipinski definition) is 6. The lowest BCUT2D eigenvalue weighted by Crippen LogP contribution is -2.34. The zero-order valence-electron chi connectivity index (χ0n) is 16.8. The van der Waals surface area contributed by atoms with E-state index in [-0.39, 0.29) is 10.8 Å². The molecule has 6 nitrogen and oxygen atoms in total. The molecule has 0 aliphatic carbocycles. The van der Waals surface area contributed by atoms with Gasteiger partial charge in [0, 0.05) is 29.9 Å². The average molecular weight is 361 g/mol. The third kappa shape index (κ3) is 6.42. The van der Waals surface area contributed by atoms with Crippen LogP contribution in [0.2, 0.25) is 0 Å². The van der Waals surface area contributed by atoms with Crippen LogP contribution in [0.25, 0.3) is 11.5 Å². The highest BCUT2D eigenvalue weighted by Gasteiger charge is 2.23. The van der Waals surface area contributed by atoms with Gasteiger partial charge in [-0.15, -0.1) is 10.2 Å². The Balaban J connectivity index is 1.81. The maximum Gasteiger partial charge on any atom is 0.247 e. The van der Waals surface area contributed by atoms with E-state index in [1.54, 1.807) is 6.92 Å². The number of rotatable bonds is 10. The molecule has 0 saturated carbocycles. The molecular weight excluding hydrogens is 330 g/mol. The predicted octanol–water partition coefficient (Wildman–Crippen LogP) is 3.71. The Morgan fingerprint density at radius 1 is 0.962 bits per heavy atom. The Bertz CT molecular complexity index is 678. The summed E-state index contributed by atoms with van der Waals surface area (Å²) in [5.41, 5.74) is 0.930. The van der Waals surface area contributed by atoms with Crippen molar-refractivity contribution in [3.63, 3.8) is 0 Å². The van der Waals surface area contributed by atoms with E-state index in [1.807, 2.05) is 31.3 Å². The quantitative estimate of drug-likeness (QED) is 0.696. The maximum absolute atomic E-state index is 5.94. The lowest BCUT2D eigenvalue weighted by Gasteiger charge is -2.29. The molecular formula is C20H31N3O3. The second kappa shape index (κ2) is 8.64. The minimum Gasteiger partial charge on any atom is -0.493 e. The van der Waals surface area contributed by atoms with Crippen LogP contribution in [0.5, 0.6) is 5.75 Å². The van der Waals surface area contributed by atoms with Crippen LogP contribution in [0.3, 0.4) is 0 Å². The van der Waals surface area contributed by atoms with Crippen LogP contribution in [0, 0.1) is 17.8 Å². The molecule has 0 atom stereocenters. The Kier molecular flexibility index (Phi) is 6.78. The van der Waals surface area contributed by atoms with E-state index < -0.39 is 0 Å². The second-order valence-corrected chi connectivity index (χ2v) is 8.29. The standard InChI is InChI=1S/C20H31N3O3/c1-15-22-23-18(26-15)16-7-9-17(10-8-16)25-14-20(4,5)13-24-12-19(2,3)11-21-6/h7-10,21H,11-14H2,1-6H3. The van der Waals surface area contributed by atoms with Crippen molar-refractivity contribution in [3.8, 4) is 17.2 Å². The van der Waals surface area contributed by atoms with E-state index >= 15 is 0 Å². The van der Waals surface area contributed by atoms with Gasteiger partial charge in [-0.05, 0) is 31.3 Å². The minimum atomic E-state index is -0.0714. The fourth-order valence-electron chi connectivity index (χ4n) is 2.56. The Hall–Kier alpha value is -1.92. The van der Waals surface area contributed by atoms with Crippen molar-refractivity contribution in [3.05, 3.63) is 30.2 Å². The highest BCUT2D eigenvalue weighted by molar-refractivity contribution is 5.53. The lowest BCUT2D eigenvalue weighted by atomic mass is 9.93. The van der Waals surface area contributed by atoms with E-state index in [0.717, 1.165) is 24.5 Å². The van der Waals surface area contributed by atoms with E-state index in [9.17, 15) is 0 Å². The van der Waals surface area contributed by atoms with Crippen molar-refractivity contribution >= 4 is 0 Å². The van der Waals surface area contributed by atoms with Gasteiger partial charge in [0.15, 0.2) is 0 Å². The van der Waals surface area contributed by atoms with Crippen molar-refractivity contribution in [1.29, 1.82) is 0 Å². The largest absolute Gasteiger partial charge is 0.493 e. The van der Waals surface area contributed by atoms with Crippen molar-refractivity contribution in [1.82, 2.24) is 15.5 Å². The van der Waals surface area contributed by atoms with Gasteiger partial charge in [0.1, 0.15) is 5.75 Å². The third-order valence-corrected chi connectivity index (χ3v) is 3.90. The highest BCUT2D eigenvalue weighted by atomic mass is 16.5. The van der Waals surface area contributed by atoms with Crippen LogP contribution in [0.15, 0.2) is 28.7 Å². The fraction of sp³-hybridized carbons (Fsp3) is 0.600. The smallest absolute Gasteiger partial charge is 0.247 e. The summed E-state index contributed by atoms with van der Waals surface area (Å²) in [6, 6.07) is 7.68.